The summed E-state index contributed by atoms with van der Waals surface area (Å²) >= 11 is 5.59. The Labute approximate surface area is 124 Å². The fourth-order valence-electron chi connectivity index (χ4n) is 1.51. The van der Waals surface area contributed by atoms with Crippen LogP contribution in [0.1, 0.15) is 13.3 Å². The summed E-state index contributed by atoms with van der Waals surface area (Å²) in [5.41, 5.74) is 0. The van der Waals surface area contributed by atoms with Crippen molar-refractivity contribution in [3.8, 4) is 6.07 Å². The predicted octanol–water partition coefficient (Wildman–Crippen LogP) is 1.70. The van der Waals surface area contributed by atoms with Crippen molar-refractivity contribution in [2.45, 2.75) is 19.4 Å². The monoisotopic (exact) mass is 312 g/mol. The van der Waals surface area contributed by atoms with Gasteiger partial charge in [-0.25, -0.2) is 0 Å². The molecule has 1 rings (SSSR count). The smallest absolute Gasteiger partial charge is 0.322 e. The normalized spacial score (nSPS) is 14.8. The zero-order valence-electron chi connectivity index (χ0n) is 11.4. The number of hydrogen-bond acceptors (Lipinski definition) is 5. The standard InChI is InChI=1S/C13H17N2O3PS/c1-11(13(16)17-2)15-19(20,18-10-6-9-14)12-7-4-3-5-8-12/h3-5,7-8,11H,6,10H2,1-2H3,(H,15,20). The van der Waals surface area contributed by atoms with Gasteiger partial charge in [-0.3, -0.25) is 9.88 Å². The summed E-state index contributed by atoms with van der Waals surface area (Å²) in [5, 5.41) is 12.4. The number of carbonyl (C=O) groups is 1. The van der Waals surface area contributed by atoms with Gasteiger partial charge in [0.05, 0.1) is 26.2 Å². The SMILES string of the molecule is COC(=O)C(C)NP(=S)(OCCC#N)c1ccccc1. The van der Waals surface area contributed by atoms with Crippen LogP contribution >= 0.6 is 6.42 Å². The first-order valence-electron chi connectivity index (χ1n) is 6.06. The molecule has 0 saturated carbocycles. The lowest BCUT2D eigenvalue weighted by Gasteiger charge is -2.26. The van der Waals surface area contributed by atoms with Crippen LogP contribution in [0.2, 0.25) is 0 Å². The highest BCUT2D eigenvalue weighted by molar-refractivity contribution is 8.14. The fraction of sp³-hybridized carbons (Fsp3) is 0.385. The van der Waals surface area contributed by atoms with Gasteiger partial charge >= 0.3 is 5.97 Å². The molecule has 7 heteroatoms. The number of methoxy groups -OCH3 is 1. The lowest BCUT2D eigenvalue weighted by Crippen LogP contribution is -2.36. The van der Waals surface area contributed by atoms with Crippen molar-refractivity contribution in [1.82, 2.24) is 5.09 Å². The molecule has 1 aromatic rings. The minimum atomic E-state index is -2.59. The lowest BCUT2D eigenvalue weighted by atomic mass is 10.4. The third-order valence-corrected chi connectivity index (χ3v) is 6.02. The van der Waals surface area contributed by atoms with E-state index in [-0.39, 0.29) is 13.0 Å². The summed E-state index contributed by atoms with van der Waals surface area (Å²) < 4.78 is 10.4. The largest absolute Gasteiger partial charge is 0.468 e. The average molecular weight is 312 g/mol. The number of carbonyl (C=O) groups excluding carboxylic acids is 1. The summed E-state index contributed by atoms with van der Waals surface area (Å²) in [4.78, 5) is 11.5. The van der Waals surface area contributed by atoms with E-state index in [1.165, 1.54) is 7.11 Å². The molecule has 0 aliphatic heterocycles. The minimum Gasteiger partial charge on any atom is -0.468 e. The minimum absolute atomic E-state index is 0.226. The highest BCUT2D eigenvalue weighted by Gasteiger charge is 2.26. The molecule has 0 aliphatic rings. The molecule has 0 radical (unpaired) electrons. The fourth-order valence-corrected chi connectivity index (χ4v) is 4.48. The van der Waals surface area contributed by atoms with Crippen molar-refractivity contribution in [1.29, 1.82) is 5.26 Å². The Bertz CT molecular complexity index is 530. The van der Waals surface area contributed by atoms with E-state index in [1.807, 2.05) is 36.4 Å². The van der Waals surface area contributed by atoms with Crippen molar-refractivity contribution >= 4 is 29.5 Å². The van der Waals surface area contributed by atoms with E-state index >= 15 is 0 Å². The number of ether oxygens (including phenoxy) is 1. The van der Waals surface area contributed by atoms with Gasteiger partial charge in [0.15, 0.2) is 6.42 Å². The van der Waals surface area contributed by atoms with Crippen molar-refractivity contribution in [2.75, 3.05) is 13.7 Å². The van der Waals surface area contributed by atoms with Crippen LogP contribution in [-0.2, 0) is 25.9 Å². The number of nitrogens with zero attached hydrogens (tertiary/aromatic N) is 1. The van der Waals surface area contributed by atoms with Crippen LogP contribution in [0.3, 0.4) is 0 Å². The third-order valence-electron chi connectivity index (χ3n) is 2.50. The second-order valence-electron chi connectivity index (χ2n) is 4.00. The maximum absolute atomic E-state index is 11.5. The van der Waals surface area contributed by atoms with Crippen LogP contribution in [0.15, 0.2) is 30.3 Å². The zero-order valence-corrected chi connectivity index (χ0v) is 13.1. The summed E-state index contributed by atoms with van der Waals surface area (Å²) in [6, 6.07) is 10.7. The molecule has 2 unspecified atom stereocenters. The topological polar surface area (TPSA) is 71.3 Å². The van der Waals surface area contributed by atoms with Crippen LogP contribution in [0, 0.1) is 11.3 Å². The molecular formula is C13H17N2O3PS. The number of rotatable bonds is 7. The quantitative estimate of drug-likeness (QED) is 0.469. The highest BCUT2D eigenvalue weighted by Crippen LogP contribution is 2.42. The van der Waals surface area contributed by atoms with Crippen molar-refractivity contribution in [3.63, 3.8) is 0 Å². The highest BCUT2D eigenvalue weighted by atomic mass is 32.4. The zero-order chi connectivity index (χ0) is 15.0. The Kier molecular flexibility index (Phi) is 6.83. The van der Waals surface area contributed by atoms with E-state index in [0.29, 0.717) is 0 Å². The predicted molar refractivity (Wildman–Crippen MR) is 81.2 cm³/mol. The molecule has 0 saturated heterocycles. The maximum atomic E-state index is 11.5. The van der Waals surface area contributed by atoms with Crippen molar-refractivity contribution in [2.24, 2.45) is 0 Å². The number of benzene rings is 1. The first-order chi connectivity index (χ1) is 9.53. The molecule has 0 fully saturated rings. The Morgan fingerprint density at radius 2 is 2.15 bits per heavy atom. The average Bonchev–Trinajstić information content (AvgIpc) is 2.47. The molecule has 5 nitrogen and oxygen atoms in total. The summed E-state index contributed by atoms with van der Waals surface area (Å²) in [6.07, 6.45) is -2.34. The molecule has 108 valence electrons. The van der Waals surface area contributed by atoms with E-state index in [0.717, 1.165) is 5.30 Å². The maximum Gasteiger partial charge on any atom is 0.322 e. The molecule has 1 N–H and O–H groups in total. The van der Waals surface area contributed by atoms with E-state index < -0.39 is 18.4 Å². The van der Waals surface area contributed by atoms with Gasteiger partial charge in [-0.05, 0) is 18.7 Å². The van der Waals surface area contributed by atoms with Crippen LogP contribution < -0.4 is 10.4 Å². The second kappa shape index (κ2) is 8.13. The Morgan fingerprint density at radius 3 is 2.70 bits per heavy atom. The van der Waals surface area contributed by atoms with E-state index in [9.17, 15) is 4.79 Å². The Morgan fingerprint density at radius 1 is 1.50 bits per heavy atom. The van der Waals surface area contributed by atoms with Gasteiger partial charge in [0, 0.05) is 5.30 Å². The molecule has 0 spiro atoms. The van der Waals surface area contributed by atoms with E-state index in [1.54, 1.807) is 6.92 Å². The van der Waals surface area contributed by atoms with Gasteiger partial charge in [0.25, 0.3) is 0 Å². The van der Waals surface area contributed by atoms with Gasteiger partial charge in [0.1, 0.15) is 6.04 Å². The first kappa shape index (κ1) is 16.8. The van der Waals surface area contributed by atoms with Crippen LogP contribution in [0.25, 0.3) is 0 Å². The van der Waals surface area contributed by atoms with Gasteiger partial charge in [-0.1, -0.05) is 30.3 Å². The Hall–Kier alpha value is -1.25. The van der Waals surface area contributed by atoms with Gasteiger partial charge in [-0.15, -0.1) is 0 Å². The summed E-state index contributed by atoms with van der Waals surface area (Å²) in [6.45, 7) is 1.90. The van der Waals surface area contributed by atoms with Crippen LogP contribution in [0.5, 0.6) is 0 Å². The van der Waals surface area contributed by atoms with Crippen molar-refractivity contribution in [3.05, 3.63) is 30.3 Å². The first-order valence-corrected chi connectivity index (χ1v) is 8.78. The van der Waals surface area contributed by atoms with E-state index in [2.05, 4.69) is 9.82 Å². The third kappa shape index (κ3) is 4.69. The summed E-state index contributed by atoms with van der Waals surface area (Å²) in [5.74, 6) is -0.404. The number of nitriles is 1. The molecule has 0 bridgehead atoms. The van der Waals surface area contributed by atoms with Crippen molar-refractivity contribution < 1.29 is 14.1 Å². The van der Waals surface area contributed by atoms with E-state index in [4.69, 9.17) is 21.6 Å². The molecule has 2 atom stereocenters. The molecule has 0 amide bonds. The second-order valence-corrected chi connectivity index (χ2v) is 7.68. The molecule has 20 heavy (non-hydrogen) atoms. The molecule has 0 aliphatic carbocycles. The number of hydrogen-bond donors (Lipinski definition) is 1. The number of esters is 1. The van der Waals surface area contributed by atoms with Gasteiger partial charge < -0.3 is 9.26 Å². The Balaban J connectivity index is 2.93. The molecule has 1 aromatic carbocycles. The molecule has 0 heterocycles. The van der Waals surface area contributed by atoms with Gasteiger partial charge in [0.2, 0.25) is 0 Å². The lowest BCUT2D eigenvalue weighted by molar-refractivity contribution is -0.142. The van der Waals surface area contributed by atoms with Gasteiger partial charge in [-0.2, -0.15) is 5.26 Å². The summed E-state index contributed by atoms with van der Waals surface area (Å²) in [7, 11) is 1.32. The molecule has 0 aromatic heterocycles. The molecular weight excluding hydrogens is 295 g/mol. The van der Waals surface area contributed by atoms with Crippen LogP contribution in [-0.4, -0.2) is 25.7 Å². The number of nitrogens with one attached hydrogen (secondary N) is 1. The van der Waals surface area contributed by atoms with Crippen LogP contribution in [0.4, 0.5) is 0 Å².